The van der Waals surface area contributed by atoms with Crippen LogP contribution < -0.4 is 15.9 Å². The van der Waals surface area contributed by atoms with Gasteiger partial charge in [0, 0.05) is 11.0 Å². The Kier molecular flexibility index (Phi) is 7.46. The van der Waals surface area contributed by atoms with Crippen molar-refractivity contribution in [3.8, 4) is 0 Å². The number of benzene rings is 5. The van der Waals surface area contributed by atoms with E-state index in [9.17, 15) is 0 Å². The second-order valence-corrected chi connectivity index (χ2v) is 16.0. The van der Waals surface area contributed by atoms with Crippen molar-refractivity contribution in [1.29, 1.82) is 0 Å². The summed E-state index contributed by atoms with van der Waals surface area (Å²) in [6.45, 7) is 9.63. The van der Waals surface area contributed by atoms with Crippen LogP contribution in [-0.2, 0) is 29.4 Å². The highest BCUT2D eigenvalue weighted by Gasteiger charge is 2.49. The average Bonchev–Trinajstić information content (AvgIpc) is 3.76. The van der Waals surface area contributed by atoms with E-state index in [0.717, 1.165) is 38.0 Å². The number of nitrogens with zero attached hydrogens (tertiary/aromatic N) is 1. The second kappa shape index (κ2) is 11.7. The van der Waals surface area contributed by atoms with Gasteiger partial charge in [-0.1, -0.05) is 119 Å². The van der Waals surface area contributed by atoms with Crippen LogP contribution in [-0.4, -0.2) is 18.5 Å². The predicted octanol–water partition coefficient (Wildman–Crippen LogP) is 8.25. The first kappa shape index (κ1) is 29.4. The molecule has 5 aromatic carbocycles. The average molecular weight is 620 g/mol. The van der Waals surface area contributed by atoms with Gasteiger partial charge < -0.3 is 4.74 Å². The summed E-state index contributed by atoms with van der Waals surface area (Å²) in [6, 6.07) is 39.3. The van der Waals surface area contributed by atoms with Gasteiger partial charge >= 0.3 is 0 Å². The van der Waals surface area contributed by atoms with Crippen LogP contribution in [0.15, 0.2) is 108 Å². The van der Waals surface area contributed by atoms with Gasteiger partial charge in [0.05, 0.1) is 6.04 Å². The van der Waals surface area contributed by atoms with E-state index < -0.39 is 7.92 Å². The molecule has 2 nitrogen and oxygen atoms in total. The van der Waals surface area contributed by atoms with Gasteiger partial charge in [0.15, 0.2) is 0 Å². The number of aryl methyl sites for hydroxylation is 6. The summed E-state index contributed by atoms with van der Waals surface area (Å²) in [5.74, 6) is 0.843. The van der Waals surface area contributed by atoms with Crippen molar-refractivity contribution >= 4 is 29.7 Å². The number of hydrogen-bond acceptors (Lipinski definition) is 2. The number of aliphatic imine (C=N–C) groups is 1. The zero-order chi connectivity index (χ0) is 31.4. The van der Waals surface area contributed by atoms with E-state index in [1.165, 1.54) is 66.0 Å². The summed E-state index contributed by atoms with van der Waals surface area (Å²) < 4.78 is 6.46. The van der Waals surface area contributed by atoms with Gasteiger partial charge in [-0.25, -0.2) is 4.99 Å². The van der Waals surface area contributed by atoms with Crippen molar-refractivity contribution in [2.45, 2.75) is 71.3 Å². The largest absolute Gasteiger partial charge is 0.475 e. The molecule has 2 atom stereocenters. The highest BCUT2D eigenvalue weighted by atomic mass is 31.1. The fraction of sp³-hybridized carbons (Fsp3) is 0.279. The van der Waals surface area contributed by atoms with Crippen LogP contribution in [0.4, 0.5) is 0 Å². The SMILES string of the molecule is Cc1cc(C)cc(P(c2cc(C)cc(C)c2)c2cccc3c2C2(CCc4cccc(C5=NC(Cc6ccccc6)CO5)c42)CC3)c1. The molecule has 3 aliphatic rings. The molecule has 0 amide bonds. The third-order valence-electron chi connectivity index (χ3n) is 10.3. The third-order valence-corrected chi connectivity index (χ3v) is 12.7. The Morgan fingerprint density at radius 3 is 1.89 bits per heavy atom. The summed E-state index contributed by atoms with van der Waals surface area (Å²) in [7, 11) is -0.762. The molecule has 8 rings (SSSR count). The predicted molar refractivity (Wildman–Crippen MR) is 194 cm³/mol. The van der Waals surface area contributed by atoms with Gasteiger partial charge in [-0.3, -0.25) is 0 Å². The molecule has 46 heavy (non-hydrogen) atoms. The first-order valence-corrected chi connectivity index (χ1v) is 18.2. The maximum atomic E-state index is 6.46. The zero-order valence-electron chi connectivity index (χ0n) is 27.4. The number of hydrogen-bond donors (Lipinski definition) is 0. The number of rotatable bonds is 6. The molecule has 3 heteroatoms. The molecule has 0 saturated carbocycles. The van der Waals surface area contributed by atoms with E-state index in [4.69, 9.17) is 9.73 Å². The van der Waals surface area contributed by atoms with Crippen LogP contribution in [0.3, 0.4) is 0 Å². The summed E-state index contributed by atoms with van der Waals surface area (Å²) in [5.41, 5.74) is 13.9. The molecular weight excluding hydrogens is 577 g/mol. The van der Waals surface area contributed by atoms with Gasteiger partial charge in [0.25, 0.3) is 0 Å². The first-order valence-electron chi connectivity index (χ1n) is 16.8. The normalized spacial score (nSPS) is 19.8. The summed E-state index contributed by atoms with van der Waals surface area (Å²) in [4.78, 5) is 5.23. The van der Waals surface area contributed by atoms with E-state index in [2.05, 4.69) is 131 Å². The Hall–Kier alpha value is -4.00. The molecule has 5 aromatic rings. The quantitative estimate of drug-likeness (QED) is 0.176. The Balaban J connectivity index is 1.29. The van der Waals surface area contributed by atoms with E-state index >= 15 is 0 Å². The van der Waals surface area contributed by atoms with Gasteiger partial charge in [-0.15, -0.1) is 0 Å². The third kappa shape index (κ3) is 5.12. The lowest BCUT2D eigenvalue weighted by molar-refractivity contribution is 0.316. The van der Waals surface area contributed by atoms with Crippen LogP contribution >= 0.6 is 7.92 Å². The van der Waals surface area contributed by atoms with Crippen molar-refractivity contribution < 1.29 is 4.74 Å². The molecule has 0 saturated heterocycles. The zero-order valence-corrected chi connectivity index (χ0v) is 28.3. The van der Waals surface area contributed by atoms with Crippen LogP contribution in [0.2, 0.25) is 0 Å². The maximum absolute atomic E-state index is 6.46. The van der Waals surface area contributed by atoms with Crippen molar-refractivity contribution in [2.75, 3.05) is 6.61 Å². The monoisotopic (exact) mass is 619 g/mol. The Labute approximate surface area is 275 Å². The standard InChI is InChI=1S/C43H42NOP/c1-28-20-29(2)23-36(22-28)46(37-24-30(3)21-31(4)25-37)39-15-9-13-34-17-19-43(41(34)39)18-16-33-12-8-14-38(40(33)43)42-44-35(27-45-42)26-32-10-6-5-7-11-32/h5-15,20-25,35H,16-19,26-27H2,1-4H3. The molecule has 1 heterocycles. The topological polar surface area (TPSA) is 21.6 Å². The minimum Gasteiger partial charge on any atom is -0.475 e. The smallest absolute Gasteiger partial charge is 0.216 e. The molecule has 230 valence electrons. The van der Waals surface area contributed by atoms with Gasteiger partial charge in [-0.2, -0.15) is 0 Å². The van der Waals surface area contributed by atoms with Crippen LogP contribution in [0.25, 0.3) is 0 Å². The summed E-state index contributed by atoms with van der Waals surface area (Å²) >= 11 is 0. The summed E-state index contributed by atoms with van der Waals surface area (Å²) in [6.07, 6.45) is 5.42. The lowest BCUT2D eigenvalue weighted by Crippen LogP contribution is -2.33. The highest BCUT2D eigenvalue weighted by Crippen LogP contribution is 2.55. The van der Waals surface area contributed by atoms with Crippen molar-refractivity contribution in [1.82, 2.24) is 0 Å². The molecule has 2 unspecified atom stereocenters. The van der Waals surface area contributed by atoms with E-state index in [1.54, 1.807) is 5.56 Å². The lowest BCUT2D eigenvalue weighted by atomic mass is 9.74. The highest BCUT2D eigenvalue weighted by molar-refractivity contribution is 7.80. The van der Waals surface area contributed by atoms with E-state index in [0.29, 0.717) is 6.61 Å². The Morgan fingerprint density at radius 2 is 1.26 bits per heavy atom. The molecule has 1 spiro atoms. The second-order valence-electron chi connectivity index (χ2n) is 13.8. The first-order chi connectivity index (χ1) is 22.4. The number of fused-ring (bicyclic) bond motifs is 4. The number of ether oxygens (including phenoxy) is 1. The van der Waals surface area contributed by atoms with Gasteiger partial charge in [-0.05, 0) is 118 Å². The lowest BCUT2D eigenvalue weighted by Gasteiger charge is -2.33. The van der Waals surface area contributed by atoms with Crippen LogP contribution in [0, 0.1) is 27.7 Å². The Morgan fingerprint density at radius 1 is 0.674 bits per heavy atom. The van der Waals surface area contributed by atoms with Gasteiger partial charge in [0.2, 0.25) is 5.90 Å². The Bertz CT molecular complexity index is 1900. The molecule has 0 aromatic heterocycles. The van der Waals surface area contributed by atoms with E-state index in [1.807, 2.05) is 0 Å². The van der Waals surface area contributed by atoms with Gasteiger partial charge in [0.1, 0.15) is 6.61 Å². The van der Waals surface area contributed by atoms with Crippen LogP contribution in [0.5, 0.6) is 0 Å². The van der Waals surface area contributed by atoms with Crippen molar-refractivity contribution in [3.05, 3.63) is 159 Å². The van der Waals surface area contributed by atoms with Crippen molar-refractivity contribution in [3.63, 3.8) is 0 Å². The summed E-state index contributed by atoms with van der Waals surface area (Å²) in [5, 5.41) is 4.43. The van der Waals surface area contributed by atoms with E-state index in [-0.39, 0.29) is 11.5 Å². The molecule has 0 fully saturated rings. The minimum absolute atomic E-state index is 0.0282. The molecule has 1 aliphatic heterocycles. The molecular formula is C43H42NOP. The fourth-order valence-electron chi connectivity index (χ4n) is 8.67. The molecule has 0 radical (unpaired) electrons. The maximum Gasteiger partial charge on any atom is 0.216 e. The molecule has 0 bridgehead atoms. The fourth-order valence-corrected chi connectivity index (χ4v) is 11.7. The minimum atomic E-state index is -0.762. The molecule has 0 N–H and O–H groups in total. The van der Waals surface area contributed by atoms with Crippen LogP contribution in [0.1, 0.15) is 68.5 Å². The van der Waals surface area contributed by atoms with Crippen molar-refractivity contribution in [2.24, 2.45) is 4.99 Å². The molecule has 2 aliphatic carbocycles.